The number of rotatable bonds is 10. The zero-order chi connectivity index (χ0) is 31.5. The van der Waals surface area contributed by atoms with Gasteiger partial charge in [-0.3, -0.25) is 4.79 Å². The number of benzene rings is 1. The lowest BCUT2D eigenvalue weighted by atomic mass is 9.86. The highest BCUT2D eigenvalue weighted by Crippen LogP contribution is 2.42. The van der Waals surface area contributed by atoms with E-state index >= 15 is 0 Å². The van der Waals surface area contributed by atoms with Crippen molar-refractivity contribution in [3.8, 4) is 23.6 Å². The van der Waals surface area contributed by atoms with E-state index in [-0.39, 0.29) is 40.6 Å². The summed E-state index contributed by atoms with van der Waals surface area (Å²) in [6.45, 7) is 12.4. The first-order valence-electron chi connectivity index (χ1n) is 14.0. The molecule has 1 aromatic carbocycles. The van der Waals surface area contributed by atoms with Crippen molar-refractivity contribution < 1.29 is 33.0 Å². The van der Waals surface area contributed by atoms with Gasteiger partial charge in [-0.2, -0.15) is 15.0 Å². The summed E-state index contributed by atoms with van der Waals surface area (Å²) in [4.78, 5) is 39.6. The number of oxazole rings is 1. The lowest BCUT2D eigenvalue weighted by molar-refractivity contribution is 0.0305. The van der Waals surface area contributed by atoms with Gasteiger partial charge in [-0.25, -0.2) is 4.79 Å². The molecule has 0 saturated heterocycles. The Morgan fingerprint density at radius 2 is 1.77 bits per heavy atom. The third kappa shape index (κ3) is 7.46. The molecule has 13 heteroatoms. The van der Waals surface area contributed by atoms with E-state index in [1.165, 1.54) is 36.5 Å². The van der Waals surface area contributed by atoms with E-state index in [9.17, 15) is 9.59 Å². The Balaban J connectivity index is 1.43. The van der Waals surface area contributed by atoms with Crippen LogP contribution in [0.15, 0.2) is 22.8 Å². The van der Waals surface area contributed by atoms with Gasteiger partial charge >= 0.3 is 12.2 Å². The normalized spacial score (nSPS) is 13.6. The van der Waals surface area contributed by atoms with Gasteiger partial charge < -0.3 is 38.9 Å². The third-order valence-corrected chi connectivity index (χ3v) is 6.97. The summed E-state index contributed by atoms with van der Waals surface area (Å²) < 4.78 is 27.5. The van der Waals surface area contributed by atoms with Crippen molar-refractivity contribution in [1.29, 1.82) is 0 Å². The zero-order valence-electron chi connectivity index (χ0n) is 26.2. The van der Waals surface area contributed by atoms with Crippen LogP contribution in [0.4, 0.5) is 16.4 Å². The average molecular weight is 597 g/mol. The molecule has 0 unspecified atom stereocenters. The quantitative estimate of drug-likeness (QED) is 0.312. The molecule has 1 aliphatic carbocycles. The molecule has 0 fully saturated rings. The topological polar surface area (TPSA) is 150 Å². The largest absolute Gasteiger partial charge is 0.479 e. The molecule has 2 amide bonds. The zero-order valence-corrected chi connectivity index (χ0v) is 26.2. The monoisotopic (exact) mass is 596 g/mol. The second-order valence-corrected chi connectivity index (χ2v) is 12.0. The number of nitrogens with one attached hydrogen (secondary N) is 2. The highest BCUT2D eigenvalue weighted by Gasteiger charge is 2.31. The standard InChI is InChI=1S/C30H40N6O7/c1-17-14-18-10-11-30(5,6)19(18)15-21(17)42-27-32-20(16-41-27)23(37)33-22-24(39-8)34-26(35-25(22)40-9)31-12-13-36(7)28(38)43-29(2,3)4/h14-16H,10-13H2,1-9H3,(H,33,37)(H,31,34,35). The van der Waals surface area contributed by atoms with Crippen molar-refractivity contribution in [2.45, 2.75) is 65.4 Å². The van der Waals surface area contributed by atoms with Crippen LogP contribution < -0.4 is 24.8 Å². The molecule has 4 rings (SSSR count). The number of aromatic nitrogens is 3. The van der Waals surface area contributed by atoms with Gasteiger partial charge in [0, 0.05) is 20.1 Å². The molecule has 2 aromatic heterocycles. The maximum absolute atomic E-state index is 13.1. The first-order valence-corrected chi connectivity index (χ1v) is 14.0. The first-order chi connectivity index (χ1) is 20.2. The summed E-state index contributed by atoms with van der Waals surface area (Å²) in [6, 6.07) is 4.16. The van der Waals surface area contributed by atoms with Crippen molar-refractivity contribution in [2.75, 3.05) is 45.0 Å². The molecule has 0 bridgehead atoms. The number of methoxy groups -OCH3 is 2. The van der Waals surface area contributed by atoms with Crippen molar-refractivity contribution in [3.63, 3.8) is 0 Å². The van der Waals surface area contributed by atoms with E-state index in [0.717, 1.165) is 18.4 Å². The van der Waals surface area contributed by atoms with Crippen LogP contribution >= 0.6 is 0 Å². The number of likely N-dealkylation sites (N-methyl/N-ethyl adjacent to an activating group) is 1. The predicted octanol–water partition coefficient (Wildman–Crippen LogP) is 5.34. The summed E-state index contributed by atoms with van der Waals surface area (Å²) >= 11 is 0. The lowest BCUT2D eigenvalue weighted by Crippen LogP contribution is -2.36. The van der Waals surface area contributed by atoms with E-state index in [1.54, 1.807) is 27.8 Å². The van der Waals surface area contributed by atoms with Crippen LogP contribution in [-0.4, -0.2) is 71.8 Å². The minimum Gasteiger partial charge on any atom is -0.479 e. The maximum Gasteiger partial charge on any atom is 0.410 e. The van der Waals surface area contributed by atoms with Crippen LogP contribution in [0.5, 0.6) is 23.6 Å². The number of carbonyl (C=O) groups excluding carboxylic acids is 2. The molecule has 0 radical (unpaired) electrons. The van der Waals surface area contributed by atoms with E-state index in [2.05, 4.69) is 45.5 Å². The van der Waals surface area contributed by atoms with E-state index < -0.39 is 17.6 Å². The fraction of sp³-hybridized carbons (Fsp3) is 0.500. The van der Waals surface area contributed by atoms with Crippen LogP contribution in [0.2, 0.25) is 0 Å². The molecule has 43 heavy (non-hydrogen) atoms. The third-order valence-electron chi connectivity index (χ3n) is 6.97. The van der Waals surface area contributed by atoms with E-state index in [0.29, 0.717) is 18.8 Å². The van der Waals surface area contributed by atoms with Gasteiger partial charge in [-0.1, -0.05) is 19.9 Å². The van der Waals surface area contributed by atoms with E-state index in [1.807, 2.05) is 13.0 Å². The fourth-order valence-electron chi connectivity index (χ4n) is 4.63. The van der Waals surface area contributed by atoms with Crippen LogP contribution in [0, 0.1) is 6.92 Å². The Morgan fingerprint density at radius 1 is 1.09 bits per heavy atom. The molecule has 0 saturated carbocycles. The highest BCUT2D eigenvalue weighted by molar-refractivity contribution is 6.04. The van der Waals surface area contributed by atoms with E-state index in [4.69, 9.17) is 23.4 Å². The molecule has 13 nitrogen and oxygen atoms in total. The van der Waals surface area contributed by atoms with Crippen LogP contribution in [0.3, 0.4) is 0 Å². The van der Waals surface area contributed by atoms with Gasteiger partial charge in [-0.15, -0.1) is 0 Å². The molecular formula is C30H40N6O7. The summed E-state index contributed by atoms with van der Waals surface area (Å²) in [5, 5.41) is 5.70. The Bertz CT molecular complexity index is 1470. The number of ether oxygens (including phenoxy) is 4. The summed E-state index contributed by atoms with van der Waals surface area (Å²) in [5.74, 6) is 0.304. The minimum absolute atomic E-state index is 0.0226. The predicted molar refractivity (Wildman–Crippen MR) is 160 cm³/mol. The lowest BCUT2D eigenvalue weighted by Gasteiger charge is -2.24. The van der Waals surface area contributed by atoms with Gasteiger partial charge in [0.2, 0.25) is 17.7 Å². The van der Waals surface area contributed by atoms with Crippen LogP contribution in [0.25, 0.3) is 0 Å². The Hall–Kier alpha value is -4.55. The Kier molecular flexibility index (Phi) is 9.02. The first kappa shape index (κ1) is 31.4. The maximum atomic E-state index is 13.1. The van der Waals surface area contributed by atoms with Crippen molar-refractivity contribution in [1.82, 2.24) is 19.9 Å². The molecule has 232 valence electrons. The molecular weight excluding hydrogens is 556 g/mol. The Labute approximate surface area is 251 Å². The smallest absolute Gasteiger partial charge is 0.410 e. The summed E-state index contributed by atoms with van der Waals surface area (Å²) in [7, 11) is 4.43. The molecule has 3 aromatic rings. The van der Waals surface area contributed by atoms with Gasteiger partial charge in [0.15, 0.2) is 11.4 Å². The van der Waals surface area contributed by atoms with Crippen LogP contribution in [-0.2, 0) is 16.6 Å². The SMILES string of the molecule is COc1nc(NCCN(C)C(=O)OC(C)(C)C)nc(OC)c1NC(=O)c1coc(Oc2cc3c(cc2C)CCC3(C)C)n1. The molecule has 0 aliphatic heterocycles. The number of amides is 2. The Morgan fingerprint density at radius 3 is 2.40 bits per heavy atom. The van der Waals surface area contributed by atoms with Crippen LogP contribution in [0.1, 0.15) is 68.2 Å². The van der Waals surface area contributed by atoms with Gasteiger partial charge in [0.1, 0.15) is 17.6 Å². The summed E-state index contributed by atoms with van der Waals surface area (Å²) in [6.07, 6.45) is 2.81. The highest BCUT2D eigenvalue weighted by atomic mass is 16.6. The number of hydrogen-bond donors (Lipinski definition) is 2. The number of aryl methyl sites for hydroxylation is 2. The molecule has 1 aliphatic rings. The number of nitrogens with zero attached hydrogens (tertiary/aromatic N) is 4. The summed E-state index contributed by atoms with van der Waals surface area (Å²) in [5.41, 5.74) is 3.06. The van der Waals surface area contributed by atoms with Crippen molar-refractivity contribution >= 4 is 23.6 Å². The number of carbonyl (C=O) groups is 2. The number of anilines is 2. The minimum atomic E-state index is -0.606. The second kappa shape index (κ2) is 12.4. The molecule has 0 atom stereocenters. The van der Waals surface area contributed by atoms with Crippen molar-refractivity contribution in [3.05, 3.63) is 40.8 Å². The van der Waals surface area contributed by atoms with Gasteiger partial charge in [0.25, 0.3) is 5.91 Å². The molecule has 0 spiro atoms. The molecule has 2 heterocycles. The van der Waals surface area contributed by atoms with Crippen molar-refractivity contribution in [2.24, 2.45) is 0 Å². The fourth-order valence-corrected chi connectivity index (χ4v) is 4.63. The van der Waals surface area contributed by atoms with Gasteiger partial charge in [0.05, 0.1) is 14.2 Å². The molecule has 2 N–H and O–H groups in total. The second-order valence-electron chi connectivity index (χ2n) is 12.0. The number of hydrogen-bond acceptors (Lipinski definition) is 11. The van der Waals surface area contributed by atoms with Gasteiger partial charge in [-0.05, 0) is 68.7 Å². The average Bonchev–Trinajstić information content (AvgIpc) is 3.52. The number of fused-ring (bicyclic) bond motifs is 1.